The van der Waals surface area contributed by atoms with Crippen LogP contribution >= 0.6 is 15.9 Å². The number of benzene rings is 1. The first-order valence-electron chi connectivity index (χ1n) is 5.74. The van der Waals surface area contributed by atoms with Crippen molar-refractivity contribution in [3.8, 4) is 0 Å². The third kappa shape index (κ3) is 5.62. The van der Waals surface area contributed by atoms with E-state index in [-0.39, 0.29) is 10.7 Å². The van der Waals surface area contributed by atoms with Crippen LogP contribution in [0.2, 0.25) is 0 Å². The second kappa shape index (κ2) is 8.24. The molecular formula is C13H18BrNO3. The molecule has 0 aliphatic heterocycles. The average molecular weight is 316 g/mol. The first-order valence-corrected chi connectivity index (χ1v) is 6.65. The molecule has 1 N–H and O–H groups in total. The van der Waals surface area contributed by atoms with Crippen LogP contribution in [0.5, 0.6) is 0 Å². The van der Waals surface area contributed by atoms with E-state index in [0.717, 1.165) is 11.3 Å². The molecule has 0 spiro atoms. The molecule has 1 aromatic rings. The number of hydrogen-bond acceptors (Lipinski definition) is 3. The number of hydrogen-bond donors (Lipinski definition) is 1. The molecule has 4 nitrogen and oxygen atoms in total. The predicted molar refractivity (Wildman–Crippen MR) is 75.0 cm³/mol. The van der Waals surface area contributed by atoms with Crippen LogP contribution in [0.15, 0.2) is 24.3 Å². The normalized spacial score (nSPS) is 12.2. The quantitative estimate of drug-likeness (QED) is 0.621. The van der Waals surface area contributed by atoms with Crippen LogP contribution in [0.25, 0.3) is 0 Å². The van der Waals surface area contributed by atoms with Crippen molar-refractivity contribution in [2.45, 2.75) is 18.4 Å². The largest absolute Gasteiger partial charge is 0.382 e. The number of nitrogens with one attached hydrogen (secondary N) is 1. The number of carbonyl (C=O) groups is 1. The summed E-state index contributed by atoms with van der Waals surface area (Å²) in [5, 5.41) is 2.82. The predicted octanol–water partition coefficient (Wildman–Crippen LogP) is 2.57. The van der Waals surface area contributed by atoms with Crippen molar-refractivity contribution in [2.24, 2.45) is 0 Å². The molecule has 100 valence electrons. The second-order valence-corrected chi connectivity index (χ2v) is 5.22. The molecule has 0 fully saturated rings. The molecule has 1 unspecified atom stereocenters. The van der Waals surface area contributed by atoms with Crippen molar-refractivity contribution < 1.29 is 14.3 Å². The van der Waals surface area contributed by atoms with Crippen molar-refractivity contribution in [2.75, 3.05) is 25.6 Å². The maximum atomic E-state index is 11.5. The average Bonchev–Trinajstić information content (AvgIpc) is 2.35. The van der Waals surface area contributed by atoms with Gasteiger partial charge in [-0.1, -0.05) is 28.1 Å². The van der Waals surface area contributed by atoms with E-state index >= 15 is 0 Å². The van der Waals surface area contributed by atoms with Crippen LogP contribution in [0.3, 0.4) is 0 Å². The summed E-state index contributed by atoms with van der Waals surface area (Å²) >= 11 is 3.22. The molecule has 5 heteroatoms. The van der Waals surface area contributed by atoms with E-state index in [1.54, 1.807) is 14.0 Å². The molecule has 1 atom stereocenters. The highest BCUT2D eigenvalue weighted by molar-refractivity contribution is 9.10. The Labute approximate surface area is 116 Å². The smallest absolute Gasteiger partial charge is 0.237 e. The monoisotopic (exact) mass is 315 g/mol. The van der Waals surface area contributed by atoms with Crippen LogP contribution in [0.1, 0.15) is 12.5 Å². The summed E-state index contributed by atoms with van der Waals surface area (Å²) in [6.07, 6.45) is 0. The van der Waals surface area contributed by atoms with E-state index in [9.17, 15) is 4.79 Å². The SMILES string of the molecule is COCCOCc1cccc(NC(=O)C(C)Br)c1. The van der Waals surface area contributed by atoms with Gasteiger partial charge in [0, 0.05) is 12.8 Å². The number of amides is 1. The van der Waals surface area contributed by atoms with Gasteiger partial charge in [-0.25, -0.2) is 0 Å². The summed E-state index contributed by atoms with van der Waals surface area (Å²) in [7, 11) is 1.64. The zero-order valence-corrected chi connectivity index (χ0v) is 12.2. The Bertz CT molecular complexity index is 382. The molecule has 1 rings (SSSR count). The highest BCUT2D eigenvalue weighted by Crippen LogP contribution is 2.13. The molecule has 1 amide bonds. The van der Waals surface area contributed by atoms with Gasteiger partial charge in [-0.15, -0.1) is 0 Å². The minimum absolute atomic E-state index is 0.0625. The number of methoxy groups -OCH3 is 1. The molecule has 18 heavy (non-hydrogen) atoms. The topological polar surface area (TPSA) is 47.6 Å². The minimum Gasteiger partial charge on any atom is -0.382 e. The molecule has 0 saturated carbocycles. The third-order valence-electron chi connectivity index (χ3n) is 2.26. The lowest BCUT2D eigenvalue weighted by Crippen LogP contribution is -2.19. The van der Waals surface area contributed by atoms with E-state index in [1.165, 1.54) is 0 Å². The highest BCUT2D eigenvalue weighted by atomic mass is 79.9. The number of rotatable bonds is 7. The maximum absolute atomic E-state index is 11.5. The van der Waals surface area contributed by atoms with Gasteiger partial charge in [0.1, 0.15) is 0 Å². The van der Waals surface area contributed by atoms with E-state index in [1.807, 2.05) is 24.3 Å². The Morgan fingerprint density at radius 1 is 1.44 bits per heavy atom. The molecule has 0 heterocycles. The van der Waals surface area contributed by atoms with E-state index in [2.05, 4.69) is 21.2 Å². The number of ether oxygens (including phenoxy) is 2. The van der Waals surface area contributed by atoms with Gasteiger partial charge in [0.15, 0.2) is 0 Å². The van der Waals surface area contributed by atoms with Crippen molar-refractivity contribution in [3.63, 3.8) is 0 Å². The molecular weight excluding hydrogens is 298 g/mol. The van der Waals surface area contributed by atoms with E-state index < -0.39 is 0 Å². The van der Waals surface area contributed by atoms with Crippen molar-refractivity contribution in [3.05, 3.63) is 29.8 Å². The third-order valence-corrected chi connectivity index (χ3v) is 2.67. The molecule has 1 aromatic carbocycles. The van der Waals surface area contributed by atoms with Crippen LogP contribution in [0, 0.1) is 0 Å². The van der Waals surface area contributed by atoms with Gasteiger partial charge in [0.05, 0.1) is 24.6 Å². The lowest BCUT2D eigenvalue weighted by Gasteiger charge is -2.09. The lowest BCUT2D eigenvalue weighted by molar-refractivity contribution is -0.115. The number of halogens is 1. The van der Waals surface area contributed by atoms with Gasteiger partial charge in [0.2, 0.25) is 5.91 Å². The Morgan fingerprint density at radius 3 is 2.89 bits per heavy atom. The first kappa shape index (κ1) is 15.1. The standard InChI is InChI=1S/C13H18BrNO3/c1-10(14)13(16)15-12-5-3-4-11(8-12)9-18-7-6-17-2/h3-5,8,10H,6-7,9H2,1-2H3,(H,15,16). The zero-order valence-electron chi connectivity index (χ0n) is 10.6. The Kier molecular flexibility index (Phi) is 6.93. The van der Waals surface area contributed by atoms with E-state index in [4.69, 9.17) is 9.47 Å². The Balaban J connectivity index is 2.49. The highest BCUT2D eigenvalue weighted by Gasteiger charge is 2.08. The van der Waals surface area contributed by atoms with Gasteiger partial charge >= 0.3 is 0 Å². The number of alkyl halides is 1. The summed E-state index contributed by atoms with van der Waals surface area (Å²) in [4.78, 5) is 11.3. The maximum Gasteiger partial charge on any atom is 0.237 e. The zero-order chi connectivity index (χ0) is 13.4. The van der Waals surface area contributed by atoms with Crippen LogP contribution in [-0.2, 0) is 20.9 Å². The van der Waals surface area contributed by atoms with E-state index in [0.29, 0.717) is 19.8 Å². The van der Waals surface area contributed by atoms with Gasteiger partial charge in [-0.2, -0.15) is 0 Å². The Hall–Kier alpha value is -0.910. The molecule has 0 aliphatic rings. The van der Waals surface area contributed by atoms with Gasteiger partial charge in [0.25, 0.3) is 0 Å². The summed E-state index contributed by atoms with van der Waals surface area (Å²) in [6.45, 7) is 3.44. The molecule has 0 radical (unpaired) electrons. The fourth-order valence-corrected chi connectivity index (χ4v) is 1.43. The first-order chi connectivity index (χ1) is 8.63. The van der Waals surface area contributed by atoms with Crippen molar-refractivity contribution in [1.82, 2.24) is 0 Å². The van der Waals surface area contributed by atoms with Crippen LogP contribution in [-0.4, -0.2) is 31.1 Å². The number of carbonyl (C=O) groups excluding carboxylic acids is 1. The van der Waals surface area contributed by atoms with Crippen LogP contribution in [0.4, 0.5) is 5.69 Å². The summed E-state index contributed by atoms with van der Waals surface area (Å²) in [5.74, 6) is -0.0625. The van der Waals surface area contributed by atoms with Crippen LogP contribution < -0.4 is 5.32 Å². The molecule has 0 bridgehead atoms. The fourth-order valence-electron chi connectivity index (χ4n) is 1.31. The van der Waals surface area contributed by atoms with Gasteiger partial charge in [-0.05, 0) is 24.6 Å². The minimum atomic E-state index is -0.209. The van der Waals surface area contributed by atoms with Gasteiger partial charge < -0.3 is 14.8 Å². The Morgan fingerprint density at radius 2 is 2.22 bits per heavy atom. The fraction of sp³-hybridized carbons (Fsp3) is 0.462. The van der Waals surface area contributed by atoms with Gasteiger partial charge in [-0.3, -0.25) is 4.79 Å². The number of anilines is 1. The van der Waals surface area contributed by atoms with Crippen molar-refractivity contribution >= 4 is 27.5 Å². The molecule has 0 aliphatic carbocycles. The lowest BCUT2D eigenvalue weighted by atomic mass is 10.2. The van der Waals surface area contributed by atoms with Crippen molar-refractivity contribution in [1.29, 1.82) is 0 Å². The summed E-state index contributed by atoms with van der Waals surface area (Å²) in [5.41, 5.74) is 1.80. The molecule has 0 aromatic heterocycles. The molecule has 0 saturated heterocycles. The summed E-state index contributed by atoms with van der Waals surface area (Å²) < 4.78 is 10.3. The second-order valence-electron chi connectivity index (χ2n) is 3.85. The summed E-state index contributed by atoms with van der Waals surface area (Å²) in [6, 6.07) is 7.61.